The lowest BCUT2D eigenvalue weighted by atomic mass is 10.0. The van der Waals surface area contributed by atoms with Crippen LogP contribution in [-0.4, -0.2) is 28.1 Å². The molecule has 4 nitrogen and oxygen atoms in total. The lowest BCUT2D eigenvalue weighted by molar-refractivity contribution is -0.137. The highest BCUT2D eigenvalue weighted by Gasteiger charge is 2.30. The van der Waals surface area contributed by atoms with Crippen LogP contribution in [0, 0.1) is 6.92 Å². The SMILES string of the molecule is Cc1ccc(C(=O)CCc2sc(-c3ccc(C(F)(F)F)cc3)nc2C(C)C)cc1OC(C)(C)CO. The molecule has 0 unspecified atom stereocenters. The monoisotopic (exact) mass is 505 g/mol. The van der Waals surface area contributed by atoms with E-state index in [1.807, 2.05) is 26.8 Å². The average molecular weight is 506 g/mol. The van der Waals surface area contributed by atoms with Gasteiger partial charge in [0.1, 0.15) is 16.4 Å². The lowest BCUT2D eigenvalue weighted by Gasteiger charge is -2.25. The number of hydrogen-bond acceptors (Lipinski definition) is 5. The molecule has 188 valence electrons. The molecular weight excluding hydrogens is 475 g/mol. The summed E-state index contributed by atoms with van der Waals surface area (Å²) >= 11 is 1.41. The molecule has 3 rings (SSSR count). The molecule has 0 bridgehead atoms. The van der Waals surface area contributed by atoms with Crippen molar-refractivity contribution in [3.05, 3.63) is 69.7 Å². The third-order valence-corrected chi connectivity index (χ3v) is 6.77. The predicted octanol–water partition coefficient (Wildman–Crippen LogP) is 7.23. The van der Waals surface area contributed by atoms with Gasteiger partial charge < -0.3 is 9.84 Å². The van der Waals surface area contributed by atoms with Gasteiger partial charge in [-0.25, -0.2) is 4.98 Å². The molecule has 1 aromatic heterocycles. The number of ether oxygens (including phenoxy) is 1. The van der Waals surface area contributed by atoms with Crippen LogP contribution in [0.4, 0.5) is 13.2 Å². The summed E-state index contributed by atoms with van der Waals surface area (Å²) in [5.41, 5.74) is 1.41. The van der Waals surface area contributed by atoms with Gasteiger partial charge in [-0.3, -0.25) is 4.79 Å². The summed E-state index contributed by atoms with van der Waals surface area (Å²) in [6.45, 7) is 9.27. The van der Waals surface area contributed by atoms with Gasteiger partial charge in [0, 0.05) is 22.4 Å². The molecule has 1 heterocycles. The molecule has 0 amide bonds. The number of carbonyl (C=O) groups is 1. The van der Waals surface area contributed by atoms with E-state index in [1.54, 1.807) is 26.0 Å². The van der Waals surface area contributed by atoms with Crippen molar-refractivity contribution in [3.8, 4) is 16.3 Å². The Morgan fingerprint density at radius 1 is 1.11 bits per heavy atom. The van der Waals surface area contributed by atoms with E-state index >= 15 is 0 Å². The molecule has 0 saturated carbocycles. The van der Waals surface area contributed by atoms with E-state index in [-0.39, 0.29) is 24.7 Å². The van der Waals surface area contributed by atoms with E-state index in [9.17, 15) is 23.1 Å². The number of ketones is 1. The maximum absolute atomic E-state index is 13.0. The number of alkyl halides is 3. The number of benzene rings is 2. The number of Topliss-reactive ketones (excluding diaryl/α,β-unsaturated/α-hetero) is 1. The van der Waals surface area contributed by atoms with Gasteiger partial charge in [-0.2, -0.15) is 13.2 Å². The Hall–Kier alpha value is -2.71. The number of thiazole rings is 1. The minimum Gasteiger partial charge on any atom is -0.485 e. The Kier molecular flexibility index (Phi) is 8.07. The molecule has 0 spiro atoms. The summed E-state index contributed by atoms with van der Waals surface area (Å²) < 4.78 is 44.6. The number of halogens is 3. The molecule has 0 aliphatic heterocycles. The van der Waals surface area contributed by atoms with E-state index in [0.717, 1.165) is 28.3 Å². The first-order chi connectivity index (χ1) is 16.3. The van der Waals surface area contributed by atoms with Gasteiger partial charge in [0.25, 0.3) is 0 Å². The Morgan fingerprint density at radius 3 is 2.34 bits per heavy atom. The highest BCUT2D eigenvalue weighted by Crippen LogP contribution is 2.35. The van der Waals surface area contributed by atoms with Crippen LogP contribution < -0.4 is 4.74 Å². The summed E-state index contributed by atoms with van der Waals surface area (Å²) in [7, 11) is 0. The second-order valence-corrected chi connectivity index (χ2v) is 10.6. The molecule has 1 N–H and O–H groups in total. The van der Waals surface area contributed by atoms with Gasteiger partial charge in [0.2, 0.25) is 0 Å². The van der Waals surface area contributed by atoms with Crippen molar-refractivity contribution in [2.24, 2.45) is 0 Å². The summed E-state index contributed by atoms with van der Waals surface area (Å²) in [5, 5.41) is 10.1. The standard InChI is InChI=1S/C27H30F3NO3S/c1-16(2)24-23(35-25(31-24)18-8-10-20(11-9-18)27(28,29)30)13-12-21(33)19-7-6-17(3)22(14-19)34-26(4,5)15-32/h6-11,14,16,32H,12-13,15H2,1-5H3. The Balaban J connectivity index is 1.78. The number of aromatic nitrogens is 1. The molecular formula is C27H30F3NO3S. The first kappa shape index (κ1) is 26.9. The van der Waals surface area contributed by atoms with Crippen LogP contribution in [-0.2, 0) is 12.6 Å². The van der Waals surface area contributed by atoms with Gasteiger partial charge in [0.05, 0.1) is 17.9 Å². The molecule has 0 saturated heterocycles. The lowest BCUT2D eigenvalue weighted by Crippen LogP contribution is -2.32. The van der Waals surface area contributed by atoms with E-state index in [1.165, 1.54) is 23.5 Å². The fourth-order valence-corrected chi connectivity index (χ4v) is 4.73. The maximum atomic E-state index is 13.0. The molecule has 0 atom stereocenters. The number of hydrogen-bond donors (Lipinski definition) is 1. The topological polar surface area (TPSA) is 59.4 Å². The minimum atomic E-state index is -4.38. The molecule has 0 aliphatic carbocycles. The number of aryl methyl sites for hydroxylation is 2. The molecule has 0 radical (unpaired) electrons. The van der Waals surface area contributed by atoms with Gasteiger partial charge in [-0.05, 0) is 56.9 Å². The van der Waals surface area contributed by atoms with E-state index < -0.39 is 17.3 Å². The fraction of sp³-hybridized carbons (Fsp3) is 0.407. The molecule has 0 fully saturated rings. The van der Waals surface area contributed by atoms with Gasteiger partial charge in [-0.15, -0.1) is 11.3 Å². The summed E-state index contributed by atoms with van der Waals surface area (Å²) in [4.78, 5) is 18.6. The van der Waals surface area contributed by atoms with Crippen molar-refractivity contribution in [2.45, 2.75) is 65.2 Å². The second-order valence-electron chi connectivity index (χ2n) is 9.48. The third-order valence-electron chi connectivity index (χ3n) is 5.59. The fourth-order valence-electron chi connectivity index (χ4n) is 3.50. The number of nitrogens with zero attached hydrogens (tertiary/aromatic N) is 1. The van der Waals surface area contributed by atoms with Gasteiger partial charge in [0.15, 0.2) is 5.78 Å². The number of aliphatic hydroxyl groups excluding tert-OH is 1. The van der Waals surface area contributed by atoms with Crippen LogP contribution in [0.2, 0.25) is 0 Å². The van der Waals surface area contributed by atoms with Crippen molar-refractivity contribution in [1.29, 1.82) is 0 Å². The van der Waals surface area contributed by atoms with Crippen molar-refractivity contribution in [2.75, 3.05) is 6.61 Å². The quantitative estimate of drug-likeness (QED) is 0.312. The molecule has 35 heavy (non-hydrogen) atoms. The largest absolute Gasteiger partial charge is 0.485 e. The molecule has 3 aromatic rings. The van der Waals surface area contributed by atoms with Crippen molar-refractivity contribution in [3.63, 3.8) is 0 Å². The Labute approximate surface area is 207 Å². The van der Waals surface area contributed by atoms with Gasteiger partial charge in [-0.1, -0.05) is 38.1 Å². The highest BCUT2D eigenvalue weighted by atomic mass is 32.1. The smallest absolute Gasteiger partial charge is 0.416 e. The Bertz CT molecular complexity index is 1180. The highest BCUT2D eigenvalue weighted by molar-refractivity contribution is 7.15. The third kappa shape index (κ3) is 6.70. The first-order valence-electron chi connectivity index (χ1n) is 11.4. The predicted molar refractivity (Wildman–Crippen MR) is 132 cm³/mol. The number of rotatable bonds is 9. The second kappa shape index (κ2) is 10.5. The van der Waals surface area contributed by atoms with Crippen molar-refractivity contribution >= 4 is 17.1 Å². The zero-order valence-electron chi connectivity index (χ0n) is 20.5. The minimum absolute atomic E-state index is 0.0455. The van der Waals surface area contributed by atoms with Crippen LogP contribution in [0.25, 0.3) is 10.6 Å². The maximum Gasteiger partial charge on any atom is 0.416 e. The van der Waals surface area contributed by atoms with Crippen molar-refractivity contribution < 1.29 is 27.8 Å². The summed E-state index contributed by atoms with van der Waals surface area (Å²) in [5.74, 6) is 0.621. The molecule has 0 aliphatic rings. The molecule has 2 aromatic carbocycles. The molecule has 8 heteroatoms. The van der Waals surface area contributed by atoms with Crippen LogP contribution in [0.5, 0.6) is 5.75 Å². The Morgan fingerprint density at radius 2 is 1.77 bits per heavy atom. The van der Waals surface area contributed by atoms with E-state index in [2.05, 4.69) is 4.98 Å². The van der Waals surface area contributed by atoms with Crippen LogP contribution in [0.3, 0.4) is 0 Å². The zero-order chi connectivity index (χ0) is 26.0. The number of aliphatic hydroxyl groups is 1. The average Bonchev–Trinajstić information content (AvgIpc) is 3.23. The van der Waals surface area contributed by atoms with E-state index in [4.69, 9.17) is 4.74 Å². The van der Waals surface area contributed by atoms with Gasteiger partial charge >= 0.3 is 6.18 Å². The first-order valence-corrected chi connectivity index (χ1v) is 12.2. The zero-order valence-corrected chi connectivity index (χ0v) is 21.3. The summed E-state index contributed by atoms with van der Waals surface area (Å²) in [6, 6.07) is 10.3. The summed E-state index contributed by atoms with van der Waals surface area (Å²) in [6.07, 6.45) is -3.64. The van der Waals surface area contributed by atoms with Crippen LogP contribution in [0.1, 0.15) is 72.1 Å². The van der Waals surface area contributed by atoms with Crippen LogP contribution in [0.15, 0.2) is 42.5 Å². The van der Waals surface area contributed by atoms with Crippen LogP contribution >= 0.6 is 11.3 Å². The van der Waals surface area contributed by atoms with E-state index in [0.29, 0.717) is 28.3 Å². The number of carbonyl (C=O) groups excluding carboxylic acids is 1. The normalized spacial score (nSPS) is 12.3. The van der Waals surface area contributed by atoms with Crippen molar-refractivity contribution in [1.82, 2.24) is 4.98 Å².